The lowest BCUT2D eigenvalue weighted by molar-refractivity contribution is 0.306. The van der Waals surface area contributed by atoms with E-state index in [4.69, 9.17) is 4.74 Å². The molecule has 0 saturated heterocycles. The van der Waals surface area contributed by atoms with Gasteiger partial charge >= 0.3 is 0 Å². The molecule has 0 radical (unpaired) electrons. The average molecular weight is 379 g/mol. The number of rotatable bonds is 8. The van der Waals surface area contributed by atoms with Crippen LogP contribution in [0.15, 0.2) is 78.7 Å². The molecule has 1 nitrogen and oxygen atoms in total. The maximum Gasteiger partial charge on any atom is 0.120 e. The van der Waals surface area contributed by atoms with E-state index in [2.05, 4.69) is 20.4 Å². The highest BCUT2D eigenvalue weighted by molar-refractivity contribution is 5.82. The highest BCUT2D eigenvalue weighted by Crippen LogP contribution is 2.33. The molecule has 0 spiro atoms. The van der Waals surface area contributed by atoms with Crippen molar-refractivity contribution in [3.8, 4) is 5.75 Å². The third kappa shape index (κ3) is 6.23. The van der Waals surface area contributed by atoms with E-state index in [1.54, 1.807) is 12.2 Å². The molecular weight excluding hydrogens is 347 g/mol. The van der Waals surface area contributed by atoms with Crippen LogP contribution in [-0.4, -0.2) is 0 Å². The van der Waals surface area contributed by atoms with Gasteiger partial charge < -0.3 is 4.74 Å². The minimum Gasteiger partial charge on any atom is -0.489 e. The fourth-order valence-corrected chi connectivity index (χ4v) is 2.93. The Morgan fingerprint density at radius 3 is 2.32 bits per heavy atom. The van der Waals surface area contributed by atoms with Gasteiger partial charge in [0.05, 0.1) is 0 Å². The van der Waals surface area contributed by atoms with Crippen LogP contribution in [0.2, 0.25) is 0 Å². The van der Waals surface area contributed by atoms with Gasteiger partial charge in [0.1, 0.15) is 18.2 Å². The molecule has 0 atom stereocenters. The fourth-order valence-electron chi connectivity index (χ4n) is 2.93. The van der Waals surface area contributed by atoms with Gasteiger partial charge in [-0.3, -0.25) is 0 Å². The molecule has 2 aromatic rings. The summed E-state index contributed by atoms with van der Waals surface area (Å²) in [6, 6.07) is 16.0. The third-order valence-electron chi connectivity index (χ3n) is 4.55. The normalized spacial score (nSPS) is 12.6. The SMILES string of the molecule is C=C(/C(=C\C(F)=C/C(C)C)c1ccc(OCc2ccccc2)cc1C)C(C)C. The van der Waals surface area contributed by atoms with Crippen molar-refractivity contribution in [2.24, 2.45) is 11.8 Å². The Morgan fingerprint density at radius 2 is 1.75 bits per heavy atom. The molecule has 0 aliphatic heterocycles. The molecule has 148 valence electrons. The van der Waals surface area contributed by atoms with E-state index in [0.29, 0.717) is 6.61 Å². The second kappa shape index (κ2) is 10.1. The Morgan fingerprint density at radius 1 is 1.07 bits per heavy atom. The van der Waals surface area contributed by atoms with Crippen LogP contribution in [0, 0.1) is 18.8 Å². The number of halogens is 1. The summed E-state index contributed by atoms with van der Waals surface area (Å²) in [5, 5.41) is 0. The van der Waals surface area contributed by atoms with Crippen LogP contribution in [0.4, 0.5) is 4.39 Å². The second-order valence-electron chi connectivity index (χ2n) is 7.78. The highest BCUT2D eigenvalue weighted by Gasteiger charge is 2.14. The molecule has 0 aliphatic carbocycles. The number of allylic oxidation sites excluding steroid dienone is 5. The summed E-state index contributed by atoms with van der Waals surface area (Å²) in [6.45, 7) is 14.8. The maximum atomic E-state index is 14.5. The van der Waals surface area contributed by atoms with E-state index < -0.39 is 0 Å². The molecule has 0 N–H and O–H groups in total. The van der Waals surface area contributed by atoms with E-state index in [9.17, 15) is 4.39 Å². The van der Waals surface area contributed by atoms with E-state index in [1.807, 2.05) is 69.3 Å². The first-order chi connectivity index (χ1) is 13.3. The summed E-state index contributed by atoms with van der Waals surface area (Å²) in [6.07, 6.45) is 3.23. The van der Waals surface area contributed by atoms with Gasteiger partial charge in [-0.25, -0.2) is 4.39 Å². The van der Waals surface area contributed by atoms with Crippen LogP contribution < -0.4 is 4.74 Å². The number of hydrogen-bond acceptors (Lipinski definition) is 1. The zero-order valence-electron chi connectivity index (χ0n) is 17.6. The quantitative estimate of drug-likeness (QED) is 0.428. The Kier molecular flexibility index (Phi) is 7.80. The first-order valence-corrected chi connectivity index (χ1v) is 9.84. The number of ether oxygens (including phenoxy) is 1. The van der Waals surface area contributed by atoms with Gasteiger partial charge in [0.25, 0.3) is 0 Å². The van der Waals surface area contributed by atoms with Gasteiger partial charge in [-0.15, -0.1) is 0 Å². The van der Waals surface area contributed by atoms with E-state index in [-0.39, 0.29) is 17.7 Å². The largest absolute Gasteiger partial charge is 0.489 e. The Hall–Kier alpha value is -2.61. The van der Waals surface area contributed by atoms with Gasteiger partial charge in [0, 0.05) is 0 Å². The van der Waals surface area contributed by atoms with Crippen LogP contribution in [0.25, 0.3) is 5.57 Å². The standard InChI is InChI=1S/C26H31FO/c1-18(2)14-23(27)16-26(21(6)19(3)4)25-13-12-24(15-20(25)5)28-17-22-10-8-7-9-11-22/h7-16,18-19H,6,17H2,1-5H3/b23-14+,26-16+. The summed E-state index contributed by atoms with van der Waals surface area (Å²) in [5.74, 6) is 0.958. The first kappa shape index (κ1) is 21.7. The lowest BCUT2D eigenvalue weighted by Gasteiger charge is -2.18. The molecular formula is C26H31FO. The van der Waals surface area contributed by atoms with Crippen molar-refractivity contribution in [2.45, 2.75) is 41.2 Å². The number of hydrogen-bond donors (Lipinski definition) is 0. The van der Waals surface area contributed by atoms with Crippen LogP contribution in [-0.2, 0) is 6.61 Å². The van der Waals surface area contributed by atoms with Crippen LogP contribution in [0.5, 0.6) is 5.75 Å². The lowest BCUT2D eigenvalue weighted by atomic mass is 9.88. The van der Waals surface area contributed by atoms with Crippen molar-refractivity contribution in [3.05, 3.63) is 95.4 Å². The smallest absolute Gasteiger partial charge is 0.120 e. The van der Waals surface area contributed by atoms with Gasteiger partial charge in [0.2, 0.25) is 0 Å². The predicted octanol–water partition coefficient (Wildman–Crippen LogP) is 7.68. The molecule has 0 fully saturated rings. The topological polar surface area (TPSA) is 9.23 Å². The zero-order chi connectivity index (χ0) is 20.7. The van der Waals surface area contributed by atoms with E-state index in [1.165, 1.54) is 0 Å². The van der Waals surface area contributed by atoms with Gasteiger partial charge in [-0.2, -0.15) is 0 Å². The van der Waals surface area contributed by atoms with Crippen molar-refractivity contribution in [1.82, 2.24) is 0 Å². The molecule has 0 saturated carbocycles. The summed E-state index contributed by atoms with van der Waals surface area (Å²) >= 11 is 0. The minimum atomic E-state index is -0.226. The third-order valence-corrected chi connectivity index (χ3v) is 4.55. The Labute approximate surface area is 169 Å². The monoisotopic (exact) mass is 378 g/mol. The van der Waals surface area contributed by atoms with Crippen LogP contribution >= 0.6 is 0 Å². The molecule has 28 heavy (non-hydrogen) atoms. The van der Waals surface area contributed by atoms with Crippen molar-refractivity contribution in [3.63, 3.8) is 0 Å². The van der Waals surface area contributed by atoms with Crippen LogP contribution in [0.3, 0.4) is 0 Å². The van der Waals surface area contributed by atoms with Gasteiger partial charge in [-0.05, 0) is 70.9 Å². The summed E-state index contributed by atoms with van der Waals surface area (Å²) in [5.41, 5.74) is 4.91. The lowest BCUT2D eigenvalue weighted by Crippen LogP contribution is -2.00. The zero-order valence-corrected chi connectivity index (χ0v) is 17.6. The van der Waals surface area contributed by atoms with E-state index in [0.717, 1.165) is 33.6 Å². The summed E-state index contributed by atoms with van der Waals surface area (Å²) in [7, 11) is 0. The predicted molar refractivity (Wildman–Crippen MR) is 118 cm³/mol. The molecule has 2 heteroatoms. The Bertz CT molecular complexity index is 857. The molecule has 0 unspecified atom stereocenters. The molecule has 2 aromatic carbocycles. The molecule has 0 aliphatic rings. The maximum absolute atomic E-state index is 14.5. The highest BCUT2D eigenvalue weighted by atomic mass is 19.1. The van der Waals surface area contributed by atoms with Gasteiger partial charge in [-0.1, -0.05) is 70.7 Å². The van der Waals surface area contributed by atoms with Crippen molar-refractivity contribution >= 4 is 5.57 Å². The van der Waals surface area contributed by atoms with Crippen molar-refractivity contribution < 1.29 is 9.13 Å². The van der Waals surface area contributed by atoms with Crippen molar-refractivity contribution in [1.29, 1.82) is 0 Å². The summed E-state index contributed by atoms with van der Waals surface area (Å²) < 4.78 is 20.4. The fraction of sp³-hybridized carbons (Fsp3) is 0.308. The first-order valence-electron chi connectivity index (χ1n) is 9.84. The van der Waals surface area contributed by atoms with E-state index >= 15 is 0 Å². The molecule has 0 bridgehead atoms. The van der Waals surface area contributed by atoms with Crippen LogP contribution in [0.1, 0.15) is 44.4 Å². The molecule has 0 aromatic heterocycles. The number of benzene rings is 2. The molecule has 0 heterocycles. The molecule has 2 rings (SSSR count). The molecule has 0 amide bonds. The van der Waals surface area contributed by atoms with Crippen molar-refractivity contribution in [2.75, 3.05) is 0 Å². The summed E-state index contributed by atoms with van der Waals surface area (Å²) in [4.78, 5) is 0. The second-order valence-corrected chi connectivity index (χ2v) is 7.78. The minimum absolute atomic E-state index is 0.152. The average Bonchev–Trinajstić information content (AvgIpc) is 2.64. The number of aryl methyl sites for hydroxylation is 1. The van der Waals surface area contributed by atoms with Gasteiger partial charge in [0.15, 0.2) is 0 Å². The Balaban J connectivity index is 2.31.